The molecule has 2 saturated heterocycles. The van der Waals surface area contributed by atoms with Crippen molar-refractivity contribution in [3.8, 4) is 0 Å². The summed E-state index contributed by atoms with van der Waals surface area (Å²) >= 11 is 0. The molecule has 2 heterocycles. The summed E-state index contributed by atoms with van der Waals surface area (Å²) in [5, 5.41) is 0. The van der Waals surface area contributed by atoms with Crippen LogP contribution in [0.1, 0.15) is 11.1 Å². The number of epoxide rings is 1. The van der Waals surface area contributed by atoms with E-state index in [2.05, 4.69) is 0 Å². The Morgan fingerprint density at radius 3 is 2.12 bits per heavy atom. The molecule has 0 aliphatic carbocycles. The molecule has 0 bridgehead atoms. The second-order valence-corrected chi connectivity index (χ2v) is 6.37. The first-order valence-corrected chi connectivity index (χ1v) is 8.56. The fraction of sp³-hybridized carbons (Fsp3) is 0.300. The topological polar surface area (TPSA) is 68.4 Å². The SMILES string of the molecule is O=C(OCc1ccccc1)[C@@H]1C2O[C@@H]2CN1C(=O)OCc1ccccc1. The lowest BCUT2D eigenvalue weighted by Crippen LogP contribution is -2.45. The van der Waals surface area contributed by atoms with E-state index >= 15 is 0 Å². The van der Waals surface area contributed by atoms with E-state index in [9.17, 15) is 9.59 Å². The Morgan fingerprint density at radius 2 is 1.50 bits per heavy atom. The first kappa shape index (κ1) is 16.6. The van der Waals surface area contributed by atoms with Gasteiger partial charge in [-0.15, -0.1) is 0 Å². The number of amides is 1. The van der Waals surface area contributed by atoms with Gasteiger partial charge in [-0.2, -0.15) is 0 Å². The van der Waals surface area contributed by atoms with Crippen molar-refractivity contribution in [2.24, 2.45) is 0 Å². The number of morpholine rings is 1. The molecule has 0 radical (unpaired) electrons. The van der Waals surface area contributed by atoms with Gasteiger partial charge in [-0.1, -0.05) is 60.7 Å². The number of hydrogen-bond acceptors (Lipinski definition) is 5. The van der Waals surface area contributed by atoms with Gasteiger partial charge in [0.2, 0.25) is 0 Å². The Labute approximate surface area is 151 Å². The largest absolute Gasteiger partial charge is 0.459 e. The van der Waals surface area contributed by atoms with Gasteiger partial charge < -0.3 is 14.2 Å². The van der Waals surface area contributed by atoms with E-state index in [0.717, 1.165) is 11.1 Å². The Balaban J connectivity index is 1.35. The fourth-order valence-corrected chi connectivity index (χ4v) is 3.13. The standard InChI is InChI=1S/C20H19NO5/c22-19(24-12-14-7-3-1-4-8-14)17-18-16(26-18)11-21(17)20(23)25-13-15-9-5-2-6-10-15/h1-10,16-18H,11-13H2/t16-,17+,18?/m1/s1. The van der Waals surface area contributed by atoms with Crippen molar-refractivity contribution in [1.82, 2.24) is 4.90 Å². The monoisotopic (exact) mass is 353 g/mol. The smallest absolute Gasteiger partial charge is 0.411 e. The zero-order chi connectivity index (χ0) is 17.9. The van der Waals surface area contributed by atoms with Gasteiger partial charge in [-0.25, -0.2) is 9.59 Å². The molecule has 134 valence electrons. The second-order valence-electron chi connectivity index (χ2n) is 6.37. The Morgan fingerprint density at radius 1 is 0.923 bits per heavy atom. The van der Waals surface area contributed by atoms with Gasteiger partial charge in [-0.05, 0) is 11.1 Å². The minimum atomic E-state index is -0.744. The highest BCUT2D eigenvalue weighted by Crippen LogP contribution is 2.37. The number of hydrogen-bond donors (Lipinski definition) is 0. The first-order valence-electron chi connectivity index (χ1n) is 8.56. The first-order chi connectivity index (χ1) is 12.7. The molecule has 2 aromatic rings. The van der Waals surface area contributed by atoms with Crippen LogP contribution in [0.4, 0.5) is 4.79 Å². The van der Waals surface area contributed by atoms with Gasteiger partial charge in [0.15, 0.2) is 6.04 Å². The summed E-state index contributed by atoms with van der Waals surface area (Å²) in [6, 6.07) is 18.1. The summed E-state index contributed by atoms with van der Waals surface area (Å²) < 4.78 is 16.2. The maximum absolute atomic E-state index is 12.5. The van der Waals surface area contributed by atoms with Crippen LogP contribution in [0.2, 0.25) is 0 Å². The van der Waals surface area contributed by atoms with Crippen LogP contribution in [0.3, 0.4) is 0 Å². The maximum atomic E-state index is 12.5. The van der Waals surface area contributed by atoms with Crippen LogP contribution in [-0.2, 0) is 32.2 Å². The van der Waals surface area contributed by atoms with Gasteiger partial charge in [0.05, 0.1) is 6.54 Å². The van der Waals surface area contributed by atoms with Crippen LogP contribution in [0.25, 0.3) is 0 Å². The van der Waals surface area contributed by atoms with Crippen LogP contribution in [0, 0.1) is 0 Å². The molecule has 26 heavy (non-hydrogen) atoms. The highest BCUT2D eigenvalue weighted by Gasteiger charge is 2.60. The minimum absolute atomic E-state index is 0.103. The van der Waals surface area contributed by atoms with Gasteiger partial charge in [-0.3, -0.25) is 4.90 Å². The average molecular weight is 353 g/mol. The Bertz CT molecular complexity index is 779. The van der Waals surface area contributed by atoms with Crippen molar-refractivity contribution in [3.63, 3.8) is 0 Å². The number of rotatable bonds is 5. The predicted octanol–water partition coefficient (Wildman–Crippen LogP) is 2.52. The van der Waals surface area contributed by atoms with E-state index in [1.54, 1.807) is 0 Å². The number of fused-ring (bicyclic) bond motifs is 1. The molecule has 2 aromatic carbocycles. The Hall–Kier alpha value is -2.86. The summed E-state index contributed by atoms with van der Waals surface area (Å²) in [6.45, 7) is 0.683. The van der Waals surface area contributed by atoms with Gasteiger partial charge >= 0.3 is 12.1 Å². The molecular formula is C20H19NO5. The third kappa shape index (κ3) is 3.55. The lowest BCUT2D eigenvalue weighted by Gasteiger charge is -2.24. The molecule has 3 atom stereocenters. The molecule has 2 aliphatic heterocycles. The van der Waals surface area contributed by atoms with Crippen molar-refractivity contribution in [3.05, 3.63) is 71.8 Å². The van der Waals surface area contributed by atoms with Crippen LogP contribution >= 0.6 is 0 Å². The molecular weight excluding hydrogens is 334 g/mol. The highest BCUT2D eigenvalue weighted by atomic mass is 16.6. The molecule has 2 aliphatic rings. The molecule has 4 rings (SSSR count). The summed E-state index contributed by atoms with van der Waals surface area (Å²) in [4.78, 5) is 26.3. The molecule has 1 unspecified atom stereocenters. The molecule has 6 nitrogen and oxygen atoms in total. The van der Waals surface area contributed by atoms with E-state index in [1.165, 1.54) is 4.90 Å². The van der Waals surface area contributed by atoms with E-state index in [1.807, 2.05) is 60.7 Å². The van der Waals surface area contributed by atoms with Crippen LogP contribution < -0.4 is 0 Å². The third-order valence-corrected chi connectivity index (χ3v) is 4.55. The quantitative estimate of drug-likeness (QED) is 0.610. The average Bonchev–Trinajstić information content (AvgIpc) is 3.35. The molecule has 1 amide bonds. The number of benzene rings is 2. The number of esters is 1. The lowest BCUT2D eigenvalue weighted by atomic mass is 10.2. The van der Waals surface area contributed by atoms with Crippen LogP contribution in [0.15, 0.2) is 60.7 Å². The maximum Gasteiger partial charge on any atom is 0.411 e. The van der Waals surface area contributed by atoms with E-state index in [4.69, 9.17) is 14.2 Å². The number of ether oxygens (including phenoxy) is 3. The molecule has 0 saturated carbocycles. The van der Waals surface area contributed by atoms with Crippen molar-refractivity contribution in [2.45, 2.75) is 31.5 Å². The third-order valence-electron chi connectivity index (χ3n) is 4.55. The zero-order valence-electron chi connectivity index (χ0n) is 14.1. The summed E-state index contributed by atoms with van der Waals surface area (Å²) in [7, 11) is 0. The fourth-order valence-electron chi connectivity index (χ4n) is 3.13. The van der Waals surface area contributed by atoms with E-state index < -0.39 is 18.1 Å². The molecule has 6 heteroatoms. The van der Waals surface area contributed by atoms with Gasteiger partial charge in [0.25, 0.3) is 0 Å². The van der Waals surface area contributed by atoms with Gasteiger partial charge in [0, 0.05) is 0 Å². The summed E-state index contributed by atoms with van der Waals surface area (Å²) in [5.41, 5.74) is 1.79. The van der Waals surface area contributed by atoms with Gasteiger partial charge in [0.1, 0.15) is 25.4 Å². The summed E-state index contributed by atoms with van der Waals surface area (Å²) in [5.74, 6) is -0.462. The predicted molar refractivity (Wildman–Crippen MR) is 92.0 cm³/mol. The second kappa shape index (κ2) is 7.17. The number of carbonyl (C=O) groups is 2. The molecule has 0 aromatic heterocycles. The van der Waals surface area contributed by atoms with Crippen molar-refractivity contribution >= 4 is 12.1 Å². The van der Waals surface area contributed by atoms with Crippen LogP contribution in [-0.4, -0.2) is 41.8 Å². The van der Waals surface area contributed by atoms with Crippen molar-refractivity contribution in [2.75, 3.05) is 6.54 Å². The number of likely N-dealkylation sites (tertiary alicyclic amines) is 1. The molecule has 0 N–H and O–H groups in total. The summed E-state index contributed by atoms with van der Waals surface area (Å²) in [6.07, 6.45) is -0.914. The van der Waals surface area contributed by atoms with Crippen molar-refractivity contribution in [1.29, 1.82) is 0 Å². The number of nitrogens with zero attached hydrogens (tertiary/aromatic N) is 1. The van der Waals surface area contributed by atoms with Crippen LogP contribution in [0.5, 0.6) is 0 Å². The minimum Gasteiger partial charge on any atom is -0.459 e. The molecule has 0 spiro atoms. The zero-order valence-corrected chi connectivity index (χ0v) is 14.1. The highest BCUT2D eigenvalue weighted by molar-refractivity contribution is 5.84. The molecule has 2 fully saturated rings. The normalized spacial score (nSPS) is 23.2. The van der Waals surface area contributed by atoms with Crippen molar-refractivity contribution < 1.29 is 23.8 Å². The number of carbonyl (C=O) groups excluding carboxylic acids is 2. The van der Waals surface area contributed by atoms with E-state index in [-0.39, 0.29) is 25.4 Å². The van der Waals surface area contributed by atoms with E-state index in [0.29, 0.717) is 6.54 Å². The lowest BCUT2D eigenvalue weighted by molar-refractivity contribution is -0.151. The Kier molecular flexibility index (Phi) is 4.58.